The Balaban J connectivity index is 1.59. The van der Waals surface area contributed by atoms with E-state index in [0.717, 1.165) is 33.5 Å². The van der Waals surface area contributed by atoms with Gasteiger partial charge in [-0.15, -0.1) is 11.3 Å². The second kappa shape index (κ2) is 12.1. The number of aliphatic imine (C=N–C) groups is 1. The Bertz CT molecular complexity index is 1020. The van der Waals surface area contributed by atoms with Crippen LogP contribution in [0.5, 0.6) is 0 Å². The summed E-state index contributed by atoms with van der Waals surface area (Å²) in [5.74, 6) is 0.0112. The first-order valence-corrected chi connectivity index (χ1v) is 12.9. The molecule has 0 saturated heterocycles. The number of anilines is 1. The summed E-state index contributed by atoms with van der Waals surface area (Å²) in [5.41, 5.74) is 1.56. The second-order valence-electron chi connectivity index (χ2n) is 6.60. The summed E-state index contributed by atoms with van der Waals surface area (Å²) in [7, 11) is 0. The third-order valence-corrected chi connectivity index (χ3v) is 7.86. The van der Waals surface area contributed by atoms with E-state index in [0.29, 0.717) is 21.9 Å². The summed E-state index contributed by atoms with van der Waals surface area (Å²) in [6.45, 7) is 4.30. The van der Waals surface area contributed by atoms with Crippen molar-refractivity contribution in [3.8, 4) is 0 Å². The highest BCUT2D eigenvalue weighted by Crippen LogP contribution is 2.29. The number of hydrogen-bond donors (Lipinski definition) is 1. The topological polar surface area (TPSA) is 94.1 Å². The highest BCUT2D eigenvalue weighted by atomic mass is 32.2. The van der Waals surface area contributed by atoms with E-state index in [1.807, 2.05) is 19.1 Å². The summed E-state index contributed by atoms with van der Waals surface area (Å²) >= 11 is 4.61. The predicted octanol–water partition coefficient (Wildman–Crippen LogP) is 4.62. The minimum atomic E-state index is -0.566. The largest absolute Gasteiger partial charge is 0.462 e. The Labute approximate surface area is 199 Å². The third-order valence-electron chi connectivity index (χ3n) is 4.36. The molecule has 2 aromatic rings. The fourth-order valence-corrected chi connectivity index (χ4v) is 5.84. The van der Waals surface area contributed by atoms with E-state index in [4.69, 9.17) is 9.47 Å². The van der Waals surface area contributed by atoms with Gasteiger partial charge < -0.3 is 14.8 Å². The molecule has 0 aliphatic carbocycles. The van der Waals surface area contributed by atoms with Gasteiger partial charge in [-0.05, 0) is 31.0 Å². The monoisotopic (exact) mass is 492 g/mol. The van der Waals surface area contributed by atoms with Crippen LogP contribution in [0.3, 0.4) is 0 Å². The van der Waals surface area contributed by atoms with E-state index in [1.165, 1.54) is 11.3 Å². The van der Waals surface area contributed by atoms with Gasteiger partial charge in [-0.3, -0.25) is 9.79 Å². The molecule has 10 heteroatoms. The minimum absolute atomic E-state index is 0.241. The number of carbonyl (C=O) groups is 3. The van der Waals surface area contributed by atoms with Crippen LogP contribution in [0, 0.1) is 0 Å². The zero-order chi connectivity index (χ0) is 22.9. The van der Waals surface area contributed by atoms with Crippen molar-refractivity contribution in [2.24, 2.45) is 4.99 Å². The molecule has 0 radical (unpaired) electrons. The summed E-state index contributed by atoms with van der Waals surface area (Å²) in [6, 6.07) is 8.89. The van der Waals surface area contributed by atoms with E-state index in [2.05, 4.69) is 10.3 Å². The van der Waals surface area contributed by atoms with Crippen molar-refractivity contribution >= 4 is 62.1 Å². The Morgan fingerprint density at radius 1 is 1.12 bits per heavy atom. The van der Waals surface area contributed by atoms with Crippen LogP contribution in [0.15, 0.2) is 35.3 Å². The first-order chi connectivity index (χ1) is 15.5. The number of carbonyl (C=O) groups excluding carboxylic acids is 3. The van der Waals surface area contributed by atoms with Crippen LogP contribution in [0.1, 0.15) is 45.0 Å². The van der Waals surface area contributed by atoms with Gasteiger partial charge in [-0.1, -0.05) is 48.6 Å². The van der Waals surface area contributed by atoms with Gasteiger partial charge in [0, 0.05) is 16.4 Å². The first kappa shape index (κ1) is 24.3. The third kappa shape index (κ3) is 6.60. The molecule has 0 spiro atoms. The average molecular weight is 493 g/mol. The molecule has 1 aliphatic heterocycles. The number of hydrogen-bond acceptors (Lipinski definition) is 9. The summed E-state index contributed by atoms with van der Waals surface area (Å²) in [5, 5.41) is 3.06. The summed E-state index contributed by atoms with van der Waals surface area (Å²) < 4.78 is 11.3. The van der Waals surface area contributed by atoms with Crippen molar-refractivity contribution in [2.75, 3.05) is 30.8 Å². The summed E-state index contributed by atoms with van der Waals surface area (Å²) in [6.07, 6.45) is 0.724. The molecular formula is C22H24N2O5S3. The van der Waals surface area contributed by atoms with E-state index in [1.54, 1.807) is 48.6 Å². The fourth-order valence-electron chi connectivity index (χ4n) is 2.83. The molecule has 1 N–H and O–H groups in total. The van der Waals surface area contributed by atoms with Gasteiger partial charge in [0.15, 0.2) is 6.61 Å². The lowest BCUT2D eigenvalue weighted by Gasteiger charge is -2.10. The van der Waals surface area contributed by atoms with Crippen LogP contribution in [0.4, 0.5) is 5.00 Å². The van der Waals surface area contributed by atoms with Gasteiger partial charge in [0.2, 0.25) is 0 Å². The molecule has 2 heterocycles. The first-order valence-electron chi connectivity index (χ1n) is 10.2. The van der Waals surface area contributed by atoms with Crippen molar-refractivity contribution in [3.63, 3.8) is 0 Å². The molecule has 1 aromatic carbocycles. The molecule has 1 aromatic heterocycles. The van der Waals surface area contributed by atoms with Gasteiger partial charge in [0.25, 0.3) is 5.91 Å². The van der Waals surface area contributed by atoms with Crippen LogP contribution in [-0.2, 0) is 26.4 Å². The SMILES string of the molecule is CCOC(=O)c1cc(CC)sc1NC(=O)COC(=O)c1ccccc1CSC1=NCCS1. The van der Waals surface area contributed by atoms with Gasteiger partial charge in [-0.25, -0.2) is 9.59 Å². The number of nitrogens with one attached hydrogen (secondary N) is 1. The molecular weight excluding hydrogens is 468 g/mol. The number of ether oxygens (including phenoxy) is 2. The number of thiophene rings is 1. The minimum Gasteiger partial charge on any atom is -0.462 e. The maximum Gasteiger partial charge on any atom is 0.341 e. The Morgan fingerprint density at radius 3 is 2.62 bits per heavy atom. The van der Waals surface area contributed by atoms with Crippen molar-refractivity contribution in [1.29, 1.82) is 0 Å². The Kier molecular flexibility index (Phi) is 9.19. The number of esters is 2. The average Bonchev–Trinajstić information content (AvgIpc) is 3.46. The van der Waals surface area contributed by atoms with Crippen LogP contribution >= 0.6 is 34.9 Å². The van der Waals surface area contributed by atoms with E-state index in [9.17, 15) is 14.4 Å². The fraction of sp³-hybridized carbons (Fsp3) is 0.364. The van der Waals surface area contributed by atoms with Crippen molar-refractivity contribution in [1.82, 2.24) is 0 Å². The highest BCUT2D eigenvalue weighted by molar-refractivity contribution is 8.38. The van der Waals surface area contributed by atoms with Gasteiger partial charge >= 0.3 is 11.9 Å². The van der Waals surface area contributed by atoms with E-state index in [-0.39, 0.29) is 6.61 Å². The lowest BCUT2D eigenvalue weighted by Crippen LogP contribution is -2.22. The normalized spacial score (nSPS) is 12.9. The zero-order valence-corrected chi connectivity index (χ0v) is 20.3. The molecule has 0 saturated carbocycles. The van der Waals surface area contributed by atoms with Crippen LogP contribution in [0.25, 0.3) is 0 Å². The Hall–Kier alpha value is -2.30. The molecule has 1 amide bonds. The summed E-state index contributed by atoms with van der Waals surface area (Å²) in [4.78, 5) is 42.5. The number of aryl methyl sites for hydroxylation is 1. The molecule has 1 aliphatic rings. The molecule has 0 fully saturated rings. The molecule has 170 valence electrons. The Morgan fingerprint density at radius 2 is 1.91 bits per heavy atom. The maximum absolute atomic E-state index is 12.6. The number of rotatable bonds is 9. The number of benzene rings is 1. The van der Waals surface area contributed by atoms with Crippen molar-refractivity contribution in [3.05, 3.63) is 51.9 Å². The van der Waals surface area contributed by atoms with E-state index >= 15 is 0 Å². The van der Waals surface area contributed by atoms with Crippen LogP contribution in [-0.4, -0.2) is 47.7 Å². The van der Waals surface area contributed by atoms with Crippen LogP contribution < -0.4 is 5.32 Å². The molecule has 0 bridgehead atoms. The predicted molar refractivity (Wildman–Crippen MR) is 131 cm³/mol. The van der Waals surface area contributed by atoms with Crippen molar-refractivity contribution < 1.29 is 23.9 Å². The zero-order valence-electron chi connectivity index (χ0n) is 17.8. The lowest BCUT2D eigenvalue weighted by atomic mass is 10.1. The smallest absolute Gasteiger partial charge is 0.341 e. The molecule has 0 unspecified atom stereocenters. The lowest BCUT2D eigenvalue weighted by molar-refractivity contribution is -0.119. The highest BCUT2D eigenvalue weighted by Gasteiger charge is 2.20. The number of thioether (sulfide) groups is 2. The van der Waals surface area contributed by atoms with Crippen LogP contribution in [0.2, 0.25) is 0 Å². The number of amides is 1. The number of nitrogens with zero attached hydrogens (tertiary/aromatic N) is 1. The van der Waals surface area contributed by atoms with Gasteiger partial charge in [-0.2, -0.15) is 0 Å². The van der Waals surface area contributed by atoms with Gasteiger partial charge in [0.05, 0.1) is 24.3 Å². The standard InChI is InChI=1S/C22H24N2O5S3/c1-3-15-11-17(21(27)28-4-2)19(32-15)24-18(25)12-29-20(26)16-8-6-5-7-14(16)13-31-22-23-9-10-30-22/h5-8,11H,3-4,9-10,12-13H2,1-2H3,(H,24,25). The molecule has 7 nitrogen and oxygen atoms in total. The second-order valence-corrected chi connectivity index (χ2v) is 10.0. The van der Waals surface area contributed by atoms with Gasteiger partial charge in [0.1, 0.15) is 9.38 Å². The van der Waals surface area contributed by atoms with E-state index < -0.39 is 24.5 Å². The molecule has 3 rings (SSSR count). The maximum atomic E-state index is 12.6. The van der Waals surface area contributed by atoms with Crippen molar-refractivity contribution in [2.45, 2.75) is 26.0 Å². The molecule has 32 heavy (non-hydrogen) atoms. The quantitative estimate of drug-likeness (QED) is 0.511. The molecule has 0 atom stereocenters.